The highest BCUT2D eigenvalue weighted by Gasteiger charge is 2.17. The summed E-state index contributed by atoms with van der Waals surface area (Å²) in [6.45, 7) is 7.89. The van der Waals surface area contributed by atoms with Crippen LogP contribution in [0, 0.1) is 18.2 Å². The fraction of sp³-hybridized carbons (Fsp3) is 0.222. The van der Waals surface area contributed by atoms with Gasteiger partial charge in [-0.1, -0.05) is 37.3 Å². The maximum Gasteiger partial charge on any atom is 0.130 e. The number of halogens is 1. The number of nitrogens with one attached hydrogen (secondary N) is 1. The van der Waals surface area contributed by atoms with Crippen LogP contribution in [-0.4, -0.2) is 12.3 Å². The van der Waals surface area contributed by atoms with Gasteiger partial charge in [0.05, 0.1) is 6.10 Å². The van der Waals surface area contributed by atoms with E-state index >= 15 is 0 Å². The molecule has 3 nitrogen and oxygen atoms in total. The Morgan fingerprint density at radius 3 is 2.29 bits per heavy atom. The zero-order chi connectivity index (χ0) is 22.5. The van der Waals surface area contributed by atoms with Gasteiger partial charge >= 0.3 is 0 Å². The highest BCUT2D eigenvalue weighted by molar-refractivity contribution is 6.00. The topological polar surface area (TPSA) is 59.1 Å². The van der Waals surface area contributed by atoms with E-state index in [1.54, 1.807) is 12.1 Å². The van der Waals surface area contributed by atoms with Gasteiger partial charge in [0.1, 0.15) is 11.6 Å². The van der Waals surface area contributed by atoms with E-state index in [0.29, 0.717) is 23.2 Å². The van der Waals surface area contributed by atoms with E-state index in [2.05, 4.69) is 0 Å². The van der Waals surface area contributed by atoms with Crippen molar-refractivity contribution in [2.24, 2.45) is 0 Å². The van der Waals surface area contributed by atoms with E-state index < -0.39 is 0 Å². The normalized spacial score (nSPS) is 11.9. The number of hydrogen-bond donors (Lipinski definition) is 2. The minimum absolute atomic E-state index is 0.0842. The number of nitrogens with two attached hydrogens (primary N) is 1. The summed E-state index contributed by atoms with van der Waals surface area (Å²) < 4.78 is 20.8. The van der Waals surface area contributed by atoms with Crippen molar-refractivity contribution in [3.05, 3.63) is 94.3 Å². The lowest BCUT2D eigenvalue weighted by Gasteiger charge is -2.18. The highest BCUT2D eigenvalue weighted by atomic mass is 19.1. The Morgan fingerprint density at radius 2 is 1.71 bits per heavy atom. The van der Waals surface area contributed by atoms with Gasteiger partial charge in [0.15, 0.2) is 0 Å². The minimum Gasteiger partial charge on any atom is -0.491 e. The minimum atomic E-state index is -0.239. The van der Waals surface area contributed by atoms with E-state index in [-0.39, 0.29) is 11.9 Å². The fourth-order valence-electron chi connectivity index (χ4n) is 3.71. The van der Waals surface area contributed by atoms with Gasteiger partial charge in [0.2, 0.25) is 0 Å². The van der Waals surface area contributed by atoms with Crippen LogP contribution >= 0.6 is 0 Å². The van der Waals surface area contributed by atoms with Crippen LogP contribution in [0.5, 0.6) is 5.75 Å². The summed E-state index contributed by atoms with van der Waals surface area (Å²) in [5, 5.41) is 7.70. The summed E-state index contributed by atoms with van der Waals surface area (Å²) in [4.78, 5) is 0. The highest BCUT2D eigenvalue weighted by Crippen LogP contribution is 2.37. The number of hydrogen-bond acceptors (Lipinski definition) is 3. The molecule has 0 spiro atoms. The molecular formula is C27H29FN2O. The first kappa shape index (κ1) is 22.3. The Bertz CT molecular complexity index is 1110. The lowest BCUT2D eigenvalue weighted by atomic mass is 9.87. The molecule has 0 aliphatic heterocycles. The van der Waals surface area contributed by atoms with Crippen LogP contribution in [0.4, 0.5) is 10.1 Å². The van der Waals surface area contributed by atoms with E-state index in [9.17, 15) is 4.39 Å². The molecule has 0 heterocycles. The Labute approximate surface area is 183 Å². The third kappa shape index (κ3) is 5.02. The van der Waals surface area contributed by atoms with E-state index in [4.69, 9.17) is 15.9 Å². The molecule has 0 aliphatic carbocycles. The molecule has 0 radical (unpaired) electrons. The third-order valence-electron chi connectivity index (χ3n) is 5.15. The number of nitrogen functional groups attached to an aromatic ring is 1. The molecule has 0 saturated heterocycles. The third-order valence-corrected chi connectivity index (χ3v) is 5.15. The van der Waals surface area contributed by atoms with Crippen LogP contribution in [0.3, 0.4) is 0 Å². The second-order valence-corrected chi connectivity index (χ2v) is 7.87. The van der Waals surface area contributed by atoms with Gasteiger partial charge in [-0.25, -0.2) is 4.39 Å². The molecule has 3 rings (SSSR count). The fourth-order valence-corrected chi connectivity index (χ4v) is 3.71. The zero-order valence-electron chi connectivity index (χ0n) is 18.5. The Morgan fingerprint density at radius 1 is 1.03 bits per heavy atom. The molecule has 0 fully saturated rings. The largest absolute Gasteiger partial charge is 0.491 e. The van der Waals surface area contributed by atoms with Crippen LogP contribution in [0.15, 0.2) is 60.7 Å². The predicted molar refractivity (Wildman–Crippen MR) is 128 cm³/mol. The van der Waals surface area contributed by atoms with Crippen molar-refractivity contribution >= 4 is 23.0 Å². The van der Waals surface area contributed by atoms with Gasteiger partial charge < -0.3 is 15.9 Å². The lowest BCUT2D eigenvalue weighted by Crippen LogP contribution is -2.05. The number of allylic oxidation sites excluding steroid dienone is 1. The van der Waals surface area contributed by atoms with Gasteiger partial charge in [-0.05, 0) is 85.4 Å². The standard InChI is InChI=1S/C27H29FN2O/c1-5-23(24-12-6-18(4)14-25(24)28)27(20-9-13-26(30)21(15-20)16-29)19-7-10-22(11-8-19)31-17(2)3/h6-17,29H,5,30H2,1-4H3/b27-23+,29-16?. The lowest BCUT2D eigenvalue weighted by molar-refractivity contribution is 0.242. The summed E-state index contributed by atoms with van der Waals surface area (Å²) >= 11 is 0. The summed E-state index contributed by atoms with van der Waals surface area (Å²) in [6.07, 6.45) is 1.97. The van der Waals surface area contributed by atoms with Crippen molar-refractivity contribution in [2.75, 3.05) is 5.73 Å². The molecule has 0 amide bonds. The predicted octanol–water partition coefficient (Wildman–Crippen LogP) is 6.87. The van der Waals surface area contributed by atoms with Gasteiger partial charge in [-0.3, -0.25) is 0 Å². The first-order valence-corrected chi connectivity index (χ1v) is 10.5. The molecule has 160 valence electrons. The average Bonchev–Trinajstić information content (AvgIpc) is 2.74. The maximum atomic E-state index is 15.0. The SMILES string of the molecule is CC/C(=C(/c1ccc(OC(C)C)cc1)c1ccc(N)c(C=N)c1)c1ccc(C)cc1F. The summed E-state index contributed by atoms with van der Waals surface area (Å²) in [5.41, 5.74) is 12.3. The van der Waals surface area contributed by atoms with Crippen LogP contribution in [0.25, 0.3) is 11.1 Å². The van der Waals surface area contributed by atoms with Gasteiger partial charge in [-0.2, -0.15) is 0 Å². The molecule has 31 heavy (non-hydrogen) atoms. The first-order valence-electron chi connectivity index (χ1n) is 10.5. The molecule has 3 aromatic carbocycles. The summed E-state index contributed by atoms with van der Waals surface area (Å²) in [5.74, 6) is 0.548. The maximum absolute atomic E-state index is 15.0. The molecule has 0 unspecified atom stereocenters. The van der Waals surface area contributed by atoms with Crippen molar-refractivity contribution in [2.45, 2.75) is 40.2 Å². The average molecular weight is 417 g/mol. The Balaban J connectivity index is 2.27. The number of aryl methyl sites for hydroxylation is 1. The van der Waals surface area contributed by atoms with Crippen molar-refractivity contribution < 1.29 is 9.13 Å². The van der Waals surface area contributed by atoms with Crippen molar-refractivity contribution in [3.63, 3.8) is 0 Å². The number of anilines is 1. The quantitative estimate of drug-likeness (QED) is 0.251. The molecule has 0 aromatic heterocycles. The number of benzene rings is 3. The van der Waals surface area contributed by atoms with E-state index in [1.807, 2.05) is 76.2 Å². The molecule has 0 bridgehead atoms. The van der Waals surface area contributed by atoms with Crippen molar-refractivity contribution in [1.82, 2.24) is 0 Å². The van der Waals surface area contributed by atoms with E-state index in [1.165, 1.54) is 6.21 Å². The Kier molecular flexibility index (Phi) is 6.91. The summed E-state index contributed by atoms with van der Waals surface area (Å²) in [7, 11) is 0. The molecule has 3 aromatic rings. The van der Waals surface area contributed by atoms with Crippen LogP contribution < -0.4 is 10.5 Å². The Hall–Kier alpha value is -3.40. The van der Waals surface area contributed by atoms with Crippen LogP contribution in [0.2, 0.25) is 0 Å². The monoisotopic (exact) mass is 416 g/mol. The van der Waals surface area contributed by atoms with Gasteiger partial charge in [-0.15, -0.1) is 0 Å². The van der Waals surface area contributed by atoms with Gasteiger partial charge in [0, 0.05) is 23.0 Å². The zero-order valence-corrected chi connectivity index (χ0v) is 18.5. The molecule has 3 N–H and O–H groups in total. The second kappa shape index (κ2) is 9.61. The van der Waals surface area contributed by atoms with Crippen LogP contribution in [0.1, 0.15) is 55.0 Å². The number of ether oxygens (including phenoxy) is 1. The second-order valence-electron chi connectivity index (χ2n) is 7.87. The number of rotatable bonds is 7. The van der Waals surface area contributed by atoms with E-state index in [0.717, 1.165) is 33.6 Å². The van der Waals surface area contributed by atoms with Crippen LogP contribution in [-0.2, 0) is 0 Å². The molecule has 0 saturated carbocycles. The van der Waals surface area contributed by atoms with Crippen molar-refractivity contribution in [3.8, 4) is 5.75 Å². The smallest absolute Gasteiger partial charge is 0.130 e. The molecule has 0 atom stereocenters. The van der Waals surface area contributed by atoms with Gasteiger partial charge in [0.25, 0.3) is 0 Å². The van der Waals surface area contributed by atoms with Crippen molar-refractivity contribution in [1.29, 1.82) is 5.41 Å². The molecular weight excluding hydrogens is 387 g/mol. The first-order chi connectivity index (χ1) is 14.8. The molecule has 4 heteroatoms. The summed E-state index contributed by atoms with van der Waals surface area (Å²) in [6, 6.07) is 18.8. The molecule has 0 aliphatic rings.